The van der Waals surface area contributed by atoms with E-state index in [0.29, 0.717) is 22.9 Å². The van der Waals surface area contributed by atoms with E-state index in [2.05, 4.69) is 16.2 Å². The molecule has 0 radical (unpaired) electrons. The first kappa shape index (κ1) is 16.7. The largest absolute Gasteiger partial charge is 0.495 e. The van der Waals surface area contributed by atoms with Crippen molar-refractivity contribution in [2.75, 3.05) is 12.4 Å². The fourth-order valence-corrected chi connectivity index (χ4v) is 2.81. The topological polar surface area (TPSA) is 62.4 Å². The van der Waals surface area contributed by atoms with Gasteiger partial charge in [-0.25, -0.2) is 15.2 Å². The van der Waals surface area contributed by atoms with E-state index in [1.54, 1.807) is 30.3 Å². The first-order valence-corrected chi connectivity index (χ1v) is 7.85. The van der Waals surface area contributed by atoms with Crippen LogP contribution >= 0.6 is 11.6 Å². The Labute approximate surface area is 144 Å². The van der Waals surface area contributed by atoms with Crippen molar-refractivity contribution in [1.82, 2.24) is 10.9 Å². The molecular weight excluding hydrogens is 333 g/mol. The molecule has 1 aliphatic rings. The molecule has 0 aliphatic carbocycles. The summed E-state index contributed by atoms with van der Waals surface area (Å²) in [5.74, 6) is 0.0496. The number of halogens is 2. The molecule has 1 saturated heterocycles. The SMILES string of the molecule is COc1ccc(Cl)cc1NC(=O)C1CC(c2ccc(F)cc2)NN1. The molecule has 2 aromatic carbocycles. The number of benzene rings is 2. The Hall–Kier alpha value is -2.15. The molecule has 0 saturated carbocycles. The van der Waals surface area contributed by atoms with Crippen molar-refractivity contribution in [1.29, 1.82) is 0 Å². The lowest BCUT2D eigenvalue weighted by Crippen LogP contribution is -2.39. The number of nitrogens with one attached hydrogen (secondary N) is 3. The summed E-state index contributed by atoms with van der Waals surface area (Å²) in [6.45, 7) is 0. The lowest BCUT2D eigenvalue weighted by atomic mass is 10.0. The van der Waals surface area contributed by atoms with Crippen LogP contribution in [0.4, 0.5) is 10.1 Å². The predicted octanol–water partition coefficient (Wildman–Crippen LogP) is 3.03. The monoisotopic (exact) mass is 349 g/mol. The van der Waals surface area contributed by atoms with Crippen molar-refractivity contribution in [2.24, 2.45) is 0 Å². The predicted molar refractivity (Wildman–Crippen MR) is 90.5 cm³/mol. The average molecular weight is 350 g/mol. The second-order valence-electron chi connectivity index (χ2n) is 5.51. The molecule has 5 nitrogen and oxygen atoms in total. The summed E-state index contributed by atoms with van der Waals surface area (Å²) in [5, 5.41) is 3.32. The molecule has 7 heteroatoms. The van der Waals surface area contributed by atoms with Gasteiger partial charge in [0.15, 0.2) is 0 Å². The standard InChI is InChI=1S/C17H17ClFN3O2/c1-24-16-7-4-11(18)8-14(16)20-17(23)15-9-13(21-22-15)10-2-5-12(19)6-3-10/h2-8,13,15,21-22H,9H2,1H3,(H,20,23). The van der Waals surface area contributed by atoms with Crippen LogP contribution in [0, 0.1) is 5.82 Å². The van der Waals surface area contributed by atoms with Gasteiger partial charge in [0.2, 0.25) is 5.91 Å². The van der Waals surface area contributed by atoms with Crippen LogP contribution in [-0.4, -0.2) is 19.1 Å². The van der Waals surface area contributed by atoms with Gasteiger partial charge in [-0.3, -0.25) is 4.79 Å². The molecule has 1 heterocycles. The lowest BCUT2D eigenvalue weighted by molar-refractivity contribution is -0.117. The van der Waals surface area contributed by atoms with Crippen molar-refractivity contribution in [2.45, 2.75) is 18.5 Å². The minimum absolute atomic E-state index is 0.0670. The normalized spacial score (nSPS) is 20.0. The van der Waals surface area contributed by atoms with Crippen LogP contribution in [-0.2, 0) is 4.79 Å². The fraction of sp³-hybridized carbons (Fsp3) is 0.235. The maximum atomic E-state index is 13.0. The molecule has 1 aliphatic heterocycles. The van der Waals surface area contributed by atoms with Gasteiger partial charge in [-0.15, -0.1) is 0 Å². The Morgan fingerprint density at radius 3 is 2.71 bits per heavy atom. The van der Waals surface area contributed by atoms with Gasteiger partial charge in [-0.1, -0.05) is 23.7 Å². The number of methoxy groups -OCH3 is 1. The Bertz CT molecular complexity index is 739. The quantitative estimate of drug-likeness (QED) is 0.794. The second kappa shape index (κ2) is 7.17. The molecule has 0 bridgehead atoms. The number of amides is 1. The number of ether oxygens (including phenoxy) is 1. The zero-order chi connectivity index (χ0) is 17.1. The van der Waals surface area contributed by atoms with E-state index in [0.717, 1.165) is 5.56 Å². The van der Waals surface area contributed by atoms with Crippen LogP contribution in [0.25, 0.3) is 0 Å². The minimum atomic E-state index is -0.427. The van der Waals surface area contributed by atoms with Crippen molar-refractivity contribution in [3.8, 4) is 5.75 Å². The Balaban J connectivity index is 1.66. The third-order valence-electron chi connectivity index (χ3n) is 3.91. The molecule has 3 N–H and O–H groups in total. The highest BCUT2D eigenvalue weighted by Gasteiger charge is 2.30. The number of hydrogen-bond donors (Lipinski definition) is 3. The lowest BCUT2D eigenvalue weighted by Gasteiger charge is -2.13. The smallest absolute Gasteiger partial charge is 0.243 e. The third kappa shape index (κ3) is 3.67. The van der Waals surface area contributed by atoms with E-state index in [1.807, 2.05) is 0 Å². The fourth-order valence-electron chi connectivity index (χ4n) is 2.64. The summed E-state index contributed by atoms with van der Waals surface area (Å²) < 4.78 is 18.2. The van der Waals surface area contributed by atoms with Crippen LogP contribution < -0.4 is 20.9 Å². The maximum Gasteiger partial charge on any atom is 0.243 e. The first-order valence-electron chi connectivity index (χ1n) is 7.48. The zero-order valence-electron chi connectivity index (χ0n) is 13.0. The first-order chi connectivity index (χ1) is 11.6. The van der Waals surface area contributed by atoms with E-state index in [-0.39, 0.29) is 17.8 Å². The highest BCUT2D eigenvalue weighted by atomic mass is 35.5. The van der Waals surface area contributed by atoms with Crippen LogP contribution in [0.15, 0.2) is 42.5 Å². The molecule has 24 heavy (non-hydrogen) atoms. The molecule has 0 aromatic heterocycles. The number of carbonyl (C=O) groups excluding carboxylic acids is 1. The summed E-state index contributed by atoms with van der Waals surface area (Å²) in [4.78, 5) is 12.5. The summed E-state index contributed by atoms with van der Waals surface area (Å²) in [6.07, 6.45) is 0.542. The Kier molecular flexibility index (Phi) is 4.99. The van der Waals surface area contributed by atoms with Crippen molar-refractivity contribution < 1.29 is 13.9 Å². The summed E-state index contributed by atoms with van der Waals surface area (Å²) >= 11 is 5.97. The molecule has 2 aromatic rings. The van der Waals surface area contributed by atoms with Crippen molar-refractivity contribution in [3.05, 3.63) is 58.9 Å². The Morgan fingerprint density at radius 2 is 2.00 bits per heavy atom. The number of rotatable bonds is 4. The van der Waals surface area contributed by atoms with E-state index < -0.39 is 6.04 Å². The van der Waals surface area contributed by atoms with Gasteiger partial charge in [-0.05, 0) is 42.3 Å². The number of hydrogen-bond acceptors (Lipinski definition) is 4. The van der Waals surface area contributed by atoms with Crippen molar-refractivity contribution >= 4 is 23.2 Å². The number of carbonyl (C=O) groups is 1. The van der Waals surface area contributed by atoms with Gasteiger partial charge in [0.25, 0.3) is 0 Å². The van der Waals surface area contributed by atoms with Gasteiger partial charge in [-0.2, -0.15) is 0 Å². The maximum absolute atomic E-state index is 13.0. The van der Waals surface area contributed by atoms with Gasteiger partial charge in [0.1, 0.15) is 17.6 Å². The third-order valence-corrected chi connectivity index (χ3v) is 4.15. The molecule has 2 unspecified atom stereocenters. The van der Waals surface area contributed by atoms with E-state index in [9.17, 15) is 9.18 Å². The summed E-state index contributed by atoms with van der Waals surface area (Å²) in [6, 6.07) is 10.7. The Morgan fingerprint density at radius 1 is 1.25 bits per heavy atom. The minimum Gasteiger partial charge on any atom is -0.495 e. The van der Waals surface area contributed by atoms with E-state index >= 15 is 0 Å². The van der Waals surface area contributed by atoms with Crippen LogP contribution in [0.5, 0.6) is 5.75 Å². The molecule has 3 rings (SSSR count). The highest BCUT2D eigenvalue weighted by Crippen LogP contribution is 2.29. The molecule has 126 valence electrons. The molecule has 0 spiro atoms. The van der Waals surface area contributed by atoms with Gasteiger partial charge < -0.3 is 10.1 Å². The molecule has 2 atom stereocenters. The molecular formula is C17H17ClFN3O2. The van der Waals surface area contributed by atoms with Gasteiger partial charge in [0.05, 0.1) is 12.8 Å². The van der Waals surface area contributed by atoms with Crippen LogP contribution in [0.3, 0.4) is 0 Å². The molecule has 1 fully saturated rings. The zero-order valence-corrected chi connectivity index (χ0v) is 13.7. The summed E-state index contributed by atoms with van der Waals surface area (Å²) in [7, 11) is 1.53. The van der Waals surface area contributed by atoms with Crippen molar-refractivity contribution in [3.63, 3.8) is 0 Å². The number of anilines is 1. The highest BCUT2D eigenvalue weighted by molar-refractivity contribution is 6.31. The van der Waals surface area contributed by atoms with E-state index in [1.165, 1.54) is 19.2 Å². The molecule has 1 amide bonds. The summed E-state index contributed by atoms with van der Waals surface area (Å²) in [5.41, 5.74) is 7.45. The van der Waals surface area contributed by atoms with E-state index in [4.69, 9.17) is 16.3 Å². The van der Waals surface area contributed by atoms with Crippen LogP contribution in [0.1, 0.15) is 18.0 Å². The second-order valence-corrected chi connectivity index (χ2v) is 5.95. The van der Waals surface area contributed by atoms with Crippen LogP contribution in [0.2, 0.25) is 5.02 Å². The average Bonchev–Trinajstić information content (AvgIpc) is 3.06. The van der Waals surface area contributed by atoms with Gasteiger partial charge >= 0.3 is 0 Å². The number of hydrazine groups is 1. The van der Waals surface area contributed by atoms with Gasteiger partial charge in [0, 0.05) is 11.1 Å².